The zero-order valence-electron chi connectivity index (χ0n) is 18.1. The molecule has 1 atom stereocenters. The van der Waals surface area contributed by atoms with Gasteiger partial charge in [-0.3, -0.25) is 9.59 Å². The lowest BCUT2D eigenvalue weighted by atomic mass is 10.0. The minimum atomic E-state index is -4.46. The summed E-state index contributed by atoms with van der Waals surface area (Å²) in [6.45, 7) is 5.34. The van der Waals surface area contributed by atoms with Crippen LogP contribution in [0.1, 0.15) is 67.3 Å². The summed E-state index contributed by atoms with van der Waals surface area (Å²) in [7, 11) is 0. The predicted octanol–water partition coefficient (Wildman–Crippen LogP) is 5.36. The van der Waals surface area contributed by atoms with Crippen molar-refractivity contribution in [1.82, 2.24) is 14.7 Å². The van der Waals surface area contributed by atoms with Gasteiger partial charge >= 0.3 is 6.18 Å². The van der Waals surface area contributed by atoms with Gasteiger partial charge in [0.25, 0.3) is 11.5 Å². The van der Waals surface area contributed by atoms with Crippen LogP contribution in [0.25, 0.3) is 10.8 Å². The SMILES string of the molecule is CC(c1cccc(C(F)(F)F)c1)N(C(=O)c1nn(C(C)C)c(=O)c2ccccc12)C1CC1. The number of benzene rings is 2. The lowest BCUT2D eigenvalue weighted by molar-refractivity contribution is -0.137. The van der Waals surface area contributed by atoms with Gasteiger partial charge in [0.05, 0.1) is 23.0 Å². The number of aromatic nitrogens is 2. The van der Waals surface area contributed by atoms with Crippen LogP contribution in [-0.4, -0.2) is 26.6 Å². The van der Waals surface area contributed by atoms with Gasteiger partial charge in [-0.25, -0.2) is 4.68 Å². The number of carbonyl (C=O) groups excluding carboxylic acids is 1. The summed E-state index contributed by atoms with van der Waals surface area (Å²) in [4.78, 5) is 28.2. The third-order valence-electron chi connectivity index (χ3n) is 5.81. The molecule has 32 heavy (non-hydrogen) atoms. The molecule has 1 saturated carbocycles. The average molecular weight is 443 g/mol. The highest BCUT2D eigenvalue weighted by Gasteiger charge is 2.39. The highest BCUT2D eigenvalue weighted by atomic mass is 19.4. The number of halogens is 3. The molecule has 5 nitrogen and oxygen atoms in total. The second kappa shape index (κ2) is 8.07. The standard InChI is InChI=1S/C24H24F3N3O2/c1-14(2)30-22(31)20-10-5-4-9-19(20)21(28-30)23(32)29(18-11-12-18)15(3)16-7-6-8-17(13-16)24(25,26)27/h4-10,13-15,18H,11-12H2,1-3H3. The molecule has 4 rings (SSSR count). The summed E-state index contributed by atoms with van der Waals surface area (Å²) < 4.78 is 41.0. The maximum absolute atomic E-state index is 13.7. The highest BCUT2D eigenvalue weighted by molar-refractivity contribution is 6.05. The first-order valence-electron chi connectivity index (χ1n) is 10.6. The molecule has 3 aromatic rings. The zero-order valence-corrected chi connectivity index (χ0v) is 18.1. The first kappa shape index (κ1) is 22.0. The minimum Gasteiger partial charge on any atom is -0.327 e. The number of nitrogens with zero attached hydrogens (tertiary/aromatic N) is 3. The number of fused-ring (bicyclic) bond motifs is 1. The smallest absolute Gasteiger partial charge is 0.327 e. The van der Waals surface area contributed by atoms with Gasteiger partial charge in [-0.05, 0) is 57.4 Å². The molecule has 1 amide bonds. The topological polar surface area (TPSA) is 55.2 Å². The first-order chi connectivity index (χ1) is 15.1. The first-order valence-corrected chi connectivity index (χ1v) is 10.6. The molecule has 0 spiro atoms. The van der Waals surface area contributed by atoms with E-state index in [1.807, 2.05) is 0 Å². The summed E-state index contributed by atoms with van der Waals surface area (Å²) in [6, 6.07) is 11.0. The summed E-state index contributed by atoms with van der Waals surface area (Å²) in [5, 5.41) is 5.23. The molecule has 168 valence electrons. The van der Waals surface area contributed by atoms with Crippen LogP contribution in [0.4, 0.5) is 13.2 Å². The van der Waals surface area contributed by atoms with E-state index < -0.39 is 17.8 Å². The van der Waals surface area contributed by atoms with Gasteiger partial charge in [-0.2, -0.15) is 18.3 Å². The third kappa shape index (κ3) is 4.01. The van der Waals surface area contributed by atoms with Crippen molar-refractivity contribution in [3.8, 4) is 0 Å². The fourth-order valence-corrected chi connectivity index (χ4v) is 3.98. The summed E-state index contributed by atoms with van der Waals surface area (Å²) >= 11 is 0. The van der Waals surface area contributed by atoms with Crippen molar-refractivity contribution in [2.24, 2.45) is 0 Å². The van der Waals surface area contributed by atoms with Crippen molar-refractivity contribution in [3.05, 3.63) is 75.7 Å². The fraction of sp³-hybridized carbons (Fsp3) is 0.375. The molecule has 2 aromatic carbocycles. The molecule has 0 N–H and O–H groups in total. The van der Waals surface area contributed by atoms with Crippen LogP contribution in [-0.2, 0) is 6.18 Å². The molecule has 0 bridgehead atoms. The molecular weight excluding hydrogens is 419 g/mol. The number of hydrogen-bond acceptors (Lipinski definition) is 3. The van der Waals surface area contributed by atoms with Crippen molar-refractivity contribution >= 4 is 16.7 Å². The summed E-state index contributed by atoms with van der Waals surface area (Å²) in [5.41, 5.74) is -0.487. The van der Waals surface area contributed by atoms with Crippen LogP contribution in [0.3, 0.4) is 0 Å². The highest BCUT2D eigenvalue weighted by Crippen LogP contribution is 2.38. The van der Waals surface area contributed by atoms with E-state index in [1.165, 1.54) is 10.7 Å². The van der Waals surface area contributed by atoms with E-state index in [0.717, 1.165) is 25.0 Å². The Hall–Kier alpha value is -3.16. The van der Waals surface area contributed by atoms with E-state index >= 15 is 0 Å². The quantitative estimate of drug-likeness (QED) is 0.533. The Labute approximate surface area is 183 Å². The number of hydrogen-bond donors (Lipinski definition) is 0. The van der Waals surface area contributed by atoms with Gasteiger partial charge in [-0.15, -0.1) is 0 Å². The summed E-state index contributed by atoms with van der Waals surface area (Å²) in [5.74, 6) is -0.386. The fourth-order valence-electron chi connectivity index (χ4n) is 3.98. The molecule has 8 heteroatoms. The Bertz CT molecular complexity index is 1230. The Morgan fingerprint density at radius 1 is 1.06 bits per heavy atom. The van der Waals surface area contributed by atoms with Gasteiger partial charge in [0.15, 0.2) is 5.69 Å². The second-order valence-electron chi connectivity index (χ2n) is 8.48. The van der Waals surface area contributed by atoms with Crippen LogP contribution in [0.2, 0.25) is 0 Å². The van der Waals surface area contributed by atoms with E-state index in [9.17, 15) is 22.8 Å². The van der Waals surface area contributed by atoms with Gasteiger partial charge in [0.2, 0.25) is 0 Å². The van der Waals surface area contributed by atoms with Crippen molar-refractivity contribution in [2.45, 2.75) is 57.9 Å². The van der Waals surface area contributed by atoms with Crippen molar-refractivity contribution in [3.63, 3.8) is 0 Å². The Kier molecular flexibility index (Phi) is 5.56. The normalized spacial score (nSPS) is 15.2. The molecule has 0 radical (unpaired) electrons. The average Bonchev–Trinajstić information content (AvgIpc) is 3.58. The molecule has 1 aliphatic rings. The molecule has 0 saturated heterocycles. The van der Waals surface area contributed by atoms with Crippen LogP contribution >= 0.6 is 0 Å². The van der Waals surface area contributed by atoms with Crippen LogP contribution < -0.4 is 5.56 Å². The van der Waals surface area contributed by atoms with E-state index in [4.69, 9.17) is 0 Å². The van der Waals surface area contributed by atoms with E-state index in [2.05, 4.69) is 5.10 Å². The number of carbonyl (C=O) groups is 1. The molecule has 1 unspecified atom stereocenters. The summed E-state index contributed by atoms with van der Waals surface area (Å²) in [6.07, 6.45) is -2.91. The number of amides is 1. The van der Waals surface area contributed by atoms with Gasteiger partial charge < -0.3 is 4.90 Å². The molecule has 1 fully saturated rings. The maximum atomic E-state index is 13.7. The van der Waals surface area contributed by atoms with E-state index in [-0.39, 0.29) is 29.2 Å². The van der Waals surface area contributed by atoms with Crippen LogP contribution in [0.15, 0.2) is 53.3 Å². The van der Waals surface area contributed by atoms with E-state index in [1.54, 1.807) is 56.0 Å². The van der Waals surface area contributed by atoms with Gasteiger partial charge in [-0.1, -0.05) is 30.3 Å². The second-order valence-corrected chi connectivity index (χ2v) is 8.48. The lowest BCUT2D eigenvalue weighted by Gasteiger charge is -2.30. The van der Waals surface area contributed by atoms with Gasteiger partial charge in [0.1, 0.15) is 0 Å². The lowest BCUT2D eigenvalue weighted by Crippen LogP contribution is -2.38. The van der Waals surface area contributed by atoms with Crippen LogP contribution in [0, 0.1) is 0 Å². The zero-order chi connectivity index (χ0) is 23.2. The van der Waals surface area contributed by atoms with Crippen molar-refractivity contribution in [2.75, 3.05) is 0 Å². The molecule has 0 aliphatic heterocycles. The predicted molar refractivity (Wildman–Crippen MR) is 115 cm³/mol. The number of alkyl halides is 3. The Morgan fingerprint density at radius 3 is 2.31 bits per heavy atom. The maximum Gasteiger partial charge on any atom is 0.416 e. The Morgan fingerprint density at radius 2 is 1.72 bits per heavy atom. The number of rotatable bonds is 5. The largest absolute Gasteiger partial charge is 0.416 e. The van der Waals surface area contributed by atoms with Crippen molar-refractivity contribution in [1.29, 1.82) is 0 Å². The van der Waals surface area contributed by atoms with Crippen LogP contribution in [0.5, 0.6) is 0 Å². The van der Waals surface area contributed by atoms with E-state index in [0.29, 0.717) is 16.3 Å². The molecule has 1 aliphatic carbocycles. The third-order valence-corrected chi connectivity index (χ3v) is 5.81. The van der Waals surface area contributed by atoms with Gasteiger partial charge in [0, 0.05) is 11.4 Å². The molecular formula is C24H24F3N3O2. The Balaban J connectivity index is 1.81. The monoisotopic (exact) mass is 443 g/mol. The molecule has 1 heterocycles. The minimum absolute atomic E-state index is 0.0768. The van der Waals surface area contributed by atoms with Crippen molar-refractivity contribution < 1.29 is 18.0 Å². The molecule has 1 aromatic heterocycles.